The maximum Gasteiger partial charge on any atom is 0.417 e. The second-order valence-electron chi connectivity index (χ2n) is 3.06. The number of hydrogen-bond acceptors (Lipinski definition) is 4. The first kappa shape index (κ1) is 8.43. The van der Waals surface area contributed by atoms with Crippen molar-refractivity contribution in [1.29, 1.82) is 0 Å². The molecule has 74 valence electrons. The Balaban J connectivity index is 2.26. The number of thiazole rings is 1. The highest BCUT2D eigenvalue weighted by molar-refractivity contribution is 7.13. The molecule has 2 aromatic heterocycles. The minimum atomic E-state index is -0.429. The Bertz CT molecular complexity index is 651. The summed E-state index contributed by atoms with van der Waals surface area (Å²) in [6, 6.07) is 5.54. The molecule has 1 aromatic carbocycles. The van der Waals surface area contributed by atoms with Crippen molar-refractivity contribution in [3.63, 3.8) is 0 Å². The number of oxazole rings is 1. The van der Waals surface area contributed by atoms with Crippen LogP contribution in [0.25, 0.3) is 21.7 Å². The first-order valence-corrected chi connectivity index (χ1v) is 5.24. The fourth-order valence-corrected chi connectivity index (χ4v) is 2.08. The summed E-state index contributed by atoms with van der Waals surface area (Å²) < 4.78 is 4.97. The molecule has 0 radical (unpaired) electrons. The van der Waals surface area contributed by atoms with Crippen LogP contribution >= 0.6 is 11.3 Å². The molecule has 0 aliphatic carbocycles. The quantitative estimate of drug-likeness (QED) is 0.681. The van der Waals surface area contributed by atoms with E-state index < -0.39 is 5.76 Å². The molecule has 3 aromatic rings. The normalized spacial score (nSPS) is 10.9. The predicted octanol–water partition coefficient (Wildman–Crippen LogP) is 2.24. The third-order valence-electron chi connectivity index (χ3n) is 2.10. The first-order valence-electron chi connectivity index (χ1n) is 4.36. The minimum absolute atomic E-state index is 0.429. The van der Waals surface area contributed by atoms with Gasteiger partial charge in [-0.3, -0.25) is 4.98 Å². The van der Waals surface area contributed by atoms with Crippen molar-refractivity contribution >= 4 is 22.4 Å². The van der Waals surface area contributed by atoms with Crippen molar-refractivity contribution in [2.24, 2.45) is 0 Å². The lowest BCUT2D eigenvalue weighted by molar-refractivity contribution is 0.555. The van der Waals surface area contributed by atoms with E-state index in [9.17, 15) is 4.79 Å². The van der Waals surface area contributed by atoms with Gasteiger partial charge in [-0.25, -0.2) is 9.78 Å². The number of fused-ring (bicyclic) bond motifs is 1. The van der Waals surface area contributed by atoms with E-state index in [1.807, 2.05) is 23.6 Å². The van der Waals surface area contributed by atoms with E-state index in [0.717, 1.165) is 10.6 Å². The molecule has 0 amide bonds. The molecule has 0 spiro atoms. The number of H-pyrrole nitrogens is 1. The topological polar surface area (TPSA) is 58.9 Å². The molecule has 15 heavy (non-hydrogen) atoms. The van der Waals surface area contributed by atoms with Gasteiger partial charge in [0.25, 0.3) is 0 Å². The van der Waals surface area contributed by atoms with Gasteiger partial charge < -0.3 is 4.42 Å². The molecule has 0 fully saturated rings. The van der Waals surface area contributed by atoms with Gasteiger partial charge in [0.05, 0.1) is 5.52 Å². The molecule has 0 bridgehead atoms. The van der Waals surface area contributed by atoms with Crippen molar-refractivity contribution in [3.8, 4) is 10.6 Å². The summed E-state index contributed by atoms with van der Waals surface area (Å²) >= 11 is 1.55. The zero-order valence-corrected chi connectivity index (χ0v) is 8.38. The van der Waals surface area contributed by atoms with Crippen LogP contribution in [0, 0.1) is 0 Å². The van der Waals surface area contributed by atoms with E-state index >= 15 is 0 Å². The summed E-state index contributed by atoms with van der Waals surface area (Å²) in [4.78, 5) is 17.7. The van der Waals surface area contributed by atoms with Crippen molar-refractivity contribution in [2.45, 2.75) is 0 Å². The minimum Gasteiger partial charge on any atom is -0.408 e. The number of benzene rings is 1. The van der Waals surface area contributed by atoms with Crippen molar-refractivity contribution in [3.05, 3.63) is 40.3 Å². The molecule has 1 N–H and O–H groups in total. The standard InChI is InChI=1S/C10H6N2O2S/c13-10-12-7-2-1-6(5-8(7)14-10)9-11-3-4-15-9/h1-5H,(H,12,13). The van der Waals surface area contributed by atoms with E-state index in [4.69, 9.17) is 4.42 Å². The Labute approximate surface area is 88.2 Å². The predicted molar refractivity (Wildman–Crippen MR) is 57.9 cm³/mol. The van der Waals surface area contributed by atoms with E-state index in [0.29, 0.717) is 11.1 Å². The molecule has 0 aliphatic heterocycles. The summed E-state index contributed by atoms with van der Waals surface area (Å²) in [5.74, 6) is -0.429. The fourth-order valence-electron chi connectivity index (χ4n) is 1.44. The number of hydrogen-bond donors (Lipinski definition) is 1. The summed E-state index contributed by atoms with van der Waals surface area (Å²) in [5, 5.41) is 2.83. The Morgan fingerprint density at radius 1 is 1.40 bits per heavy atom. The molecular weight excluding hydrogens is 212 g/mol. The van der Waals surface area contributed by atoms with Gasteiger partial charge in [0, 0.05) is 17.1 Å². The van der Waals surface area contributed by atoms with Crippen LogP contribution in [0.1, 0.15) is 0 Å². The third-order valence-corrected chi connectivity index (χ3v) is 2.92. The molecule has 3 rings (SSSR count). The summed E-state index contributed by atoms with van der Waals surface area (Å²) in [6.45, 7) is 0. The average molecular weight is 218 g/mol. The van der Waals surface area contributed by atoms with E-state index in [2.05, 4.69) is 9.97 Å². The molecule has 0 saturated carbocycles. The maximum atomic E-state index is 11.0. The SMILES string of the molecule is O=c1[nH]c2ccc(-c3nccs3)cc2o1. The number of aromatic nitrogens is 2. The summed E-state index contributed by atoms with van der Waals surface area (Å²) in [5.41, 5.74) is 2.23. The van der Waals surface area contributed by atoms with E-state index in [1.165, 1.54) is 0 Å². The number of nitrogens with one attached hydrogen (secondary N) is 1. The van der Waals surface area contributed by atoms with E-state index in [-0.39, 0.29) is 0 Å². The number of nitrogens with zero attached hydrogens (tertiary/aromatic N) is 1. The van der Waals surface area contributed by atoms with Crippen LogP contribution in [0.4, 0.5) is 0 Å². The zero-order chi connectivity index (χ0) is 10.3. The fraction of sp³-hybridized carbons (Fsp3) is 0. The highest BCUT2D eigenvalue weighted by Gasteiger charge is 2.05. The van der Waals surface area contributed by atoms with Gasteiger partial charge in [-0.1, -0.05) is 0 Å². The second-order valence-corrected chi connectivity index (χ2v) is 3.96. The smallest absolute Gasteiger partial charge is 0.408 e. The van der Waals surface area contributed by atoms with Gasteiger partial charge in [0.15, 0.2) is 5.58 Å². The Kier molecular flexibility index (Phi) is 1.72. The summed E-state index contributed by atoms with van der Waals surface area (Å²) in [7, 11) is 0. The van der Waals surface area contributed by atoms with Crippen LogP contribution in [-0.2, 0) is 0 Å². The van der Waals surface area contributed by atoms with Gasteiger partial charge in [-0.15, -0.1) is 11.3 Å². The van der Waals surface area contributed by atoms with Crippen LogP contribution in [0.5, 0.6) is 0 Å². The zero-order valence-electron chi connectivity index (χ0n) is 7.56. The second kappa shape index (κ2) is 3.06. The van der Waals surface area contributed by atoms with Gasteiger partial charge in [0.1, 0.15) is 5.01 Å². The monoisotopic (exact) mass is 218 g/mol. The van der Waals surface area contributed by atoms with E-state index in [1.54, 1.807) is 17.5 Å². The van der Waals surface area contributed by atoms with Crippen molar-refractivity contribution < 1.29 is 4.42 Å². The highest BCUT2D eigenvalue weighted by Crippen LogP contribution is 2.24. The third kappa shape index (κ3) is 1.37. The van der Waals surface area contributed by atoms with Gasteiger partial charge >= 0.3 is 5.76 Å². The first-order chi connectivity index (χ1) is 7.33. The summed E-state index contributed by atoms with van der Waals surface area (Å²) in [6.07, 6.45) is 1.75. The molecule has 0 aliphatic rings. The maximum absolute atomic E-state index is 11.0. The van der Waals surface area contributed by atoms with Crippen molar-refractivity contribution in [1.82, 2.24) is 9.97 Å². The molecule has 4 nitrogen and oxygen atoms in total. The largest absolute Gasteiger partial charge is 0.417 e. The Morgan fingerprint density at radius 2 is 2.33 bits per heavy atom. The molecule has 5 heteroatoms. The van der Waals surface area contributed by atoms with Crippen LogP contribution in [-0.4, -0.2) is 9.97 Å². The van der Waals surface area contributed by atoms with Crippen LogP contribution in [0.2, 0.25) is 0 Å². The van der Waals surface area contributed by atoms with Crippen LogP contribution in [0.3, 0.4) is 0 Å². The van der Waals surface area contributed by atoms with Crippen molar-refractivity contribution in [2.75, 3.05) is 0 Å². The molecule has 2 heterocycles. The molecule has 0 unspecified atom stereocenters. The Hall–Kier alpha value is -1.88. The lowest BCUT2D eigenvalue weighted by Gasteiger charge is -1.94. The van der Waals surface area contributed by atoms with Crippen LogP contribution in [0.15, 0.2) is 39.0 Å². The molecular formula is C10H6N2O2S. The van der Waals surface area contributed by atoms with Gasteiger partial charge in [-0.2, -0.15) is 0 Å². The number of rotatable bonds is 1. The van der Waals surface area contributed by atoms with Crippen LogP contribution < -0.4 is 5.76 Å². The van der Waals surface area contributed by atoms with Gasteiger partial charge in [-0.05, 0) is 18.2 Å². The number of aromatic amines is 1. The molecule has 0 saturated heterocycles. The Morgan fingerprint density at radius 3 is 3.13 bits per heavy atom. The highest BCUT2D eigenvalue weighted by atomic mass is 32.1. The average Bonchev–Trinajstić information content (AvgIpc) is 2.82. The lowest BCUT2D eigenvalue weighted by atomic mass is 10.2. The lowest BCUT2D eigenvalue weighted by Crippen LogP contribution is -1.92. The molecule has 0 atom stereocenters. The van der Waals surface area contributed by atoms with Gasteiger partial charge in [0.2, 0.25) is 0 Å².